The standard InChI is InChI=1S/C13H15ClN2OS/c1-2-6-17-12-4-3-10(8-11(12)14)16-9-13-15-5-7-18-13/h3-5,7-8,16H,2,6,9H2,1H3. The van der Waals surface area contributed by atoms with Crippen molar-refractivity contribution < 1.29 is 4.74 Å². The van der Waals surface area contributed by atoms with Gasteiger partial charge in [0.05, 0.1) is 18.2 Å². The van der Waals surface area contributed by atoms with Crippen LogP contribution in [-0.4, -0.2) is 11.6 Å². The average molecular weight is 283 g/mol. The summed E-state index contributed by atoms with van der Waals surface area (Å²) < 4.78 is 5.52. The van der Waals surface area contributed by atoms with Gasteiger partial charge in [0.15, 0.2) is 0 Å². The topological polar surface area (TPSA) is 34.1 Å². The maximum absolute atomic E-state index is 6.15. The minimum atomic E-state index is 0.632. The van der Waals surface area contributed by atoms with Gasteiger partial charge in [0.1, 0.15) is 10.8 Å². The molecule has 2 rings (SSSR count). The minimum absolute atomic E-state index is 0.632. The maximum atomic E-state index is 6.15. The molecule has 0 aliphatic rings. The van der Waals surface area contributed by atoms with Crippen LogP contribution in [0.3, 0.4) is 0 Å². The number of ether oxygens (including phenoxy) is 1. The fourth-order valence-electron chi connectivity index (χ4n) is 1.46. The van der Waals surface area contributed by atoms with Gasteiger partial charge in [0.25, 0.3) is 0 Å². The third-order valence-corrected chi connectivity index (χ3v) is 3.40. The Morgan fingerprint density at radius 3 is 3.00 bits per heavy atom. The summed E-state index contributed by atoms with van der Waals surface area (Å²) >= 11 is 7.78. The fraction of sp³-hybridized carbons (Fsp3) is 0.308. The van der Waals surface area contributed by atoms with Crippen LogP contribution in [0.4, 0.5) is 5.69 Å². The molecule has 0 saturated carbocycles. The third kappa shape index (κ3) is 3.62. The highest BCUT2D eigenvalue weighted by molar-refractivity contribution is 7.09. The van der Waals surface area contributed by atoms with Gasteiger partial charge < -0.3 is 10.1 Å². The van der Waals surface area contributed by atoms with Crippen molar-refractivity contribution >= 4 is 28.6 Å². The van der Waals surface area contributed by atoms with Crippen molar-refractivity contribution in [3.63, 3.8) is 0 Å². The van der Waals surface area contributed by atoms with Gasteiger partial charge in [0.2, 0.25) is 0 Å². The summed E-state index contributed by atoms with van der Waals surface area (Å²) in [5.74, 6) is 0.735. The van der Waals surface area contributed by atoms with Crippen LogP contribution in [0.5, 0.6) is 5.75 Å². The van der Waals surface area contributed by atoms with E-state index in [2.05, 4.69) is 17.2 Å². The van der Waals surface area contributed by atoms with Gasteiger partial charge in [-0.3, -0.25) is 0 Å². The highest BCUT2D eigenvalue weighted by atomic mass is 35.5. The number of rotatable bonds is 6. The van der Waals surface area contributed by atoms with Crippen LogP contribution in [0.25, 0.3) is 0 Å². The Kier molecular flexibility index (Phi) is 4.84. The molecule has 0 fully saturated rings. The SMILES string of the molecule is CCCOc1ccc(NCc2nccs2)cc1Cl. The van der Waals surface area contributed by atoms with Crippen LogP contribution >= 0.6 is 22.9 Å². The second-order valence-electron chi connectivity index (χ2n) is 3.77. The van der Waals surface area contributed by atoms with Crippen molar-refractivity contribution in [2.24, 2.45) is 0 Å². The summed E-state index contributed by atoms with van der Waals surface area (Å²) in [6.07, 6.45) is 2.77. The number of nitrogens with zero attached hydrogens (tertiary/aromatic N) is 1. The molecule has 1 aromatic carbocycles. The molecule has 1 N–H and O–H groups in total. The first-order chi connectivity index (χ1) is 8.79. The van der Waals surface area contributed by atoms with E-state index in [1.54, 1.807) is 17.5 Å². The van der Waals surface area contributed by atoms with Crippen molar-refractivity contribution in [3.8, 4) is 5.75 Å². The predicted octanol–water partition coefficient (Wildman–Crippen LogP) is 4.20. The van der Waals surface area contributed by atoms with Crippen LogP contribution in [-0.2, 0) is 6.54 Å². The van der Waals surface area contributed by atoms with Gasteiger partial charge in [-0.2, -0.15) is 0 Å². The smallest absolute Gasteiger partial charge is 0.138 e. The van der Waals surface area contributed by atoms with E-state index in [0.717, 1.165) is 22.9 Å². The van der Waals surface area contributed by atoms with E-state index in [1.807, 2.05) is 23.6 Å². The normalized spacial score (nSPS) is 10.3. The van der Waals surface area contributed by atoms with E-state index in [9.17, 15) is 0 Å². The van der Waals surface area contributed by atoms with Crippen molar-refractivity contribution in [3.05, 3.63) is 39.8 Å². The van der Waals surface area contributed by atoms with Gasteiger partial charge in [-0.05, 0) is 24.6 Å². The summed E-state index contributed by atoms with van der Waals surface area (Å²) in [5.41, 5.74) is 0.971. The number of aromatic nitrogens is 1. The monoisotopic (exact) mass is 282 g/mol. The first-order valence-corrected chi connectivity index (χ1v) is 7.10. The number of hydrogen-bond donors (Lipinski definition) is 1. The second-order valence-corrected chi connectivity index (χ2v) is 5.16. The highest BCUT2D eigenvalue weighted by Crippen LogP contribution is 2.28. The molecule has 0 atom stereocenters. The molecular weight excluding hydrogens is 268 g/mol. The summed E-state index contributed by atoms with van der Waals surface area (Å²) in [6.45, 7) is 3.46. The molecule has 0 saturated heterocycles. The zero-order chi connectivity index (χ0) is 12.8. The highest BCUT2D eigenvalue weighted by Gasteiger charge is 2.03. The molecule has 1 aromatic heterocycles. The molecule has 0 spiro atoms. The van der Waals surface area contributed by atoms with Crippen molar-refractivity contribution in [2.75, 3.05) is 11.9 Å². The van der Waals surface area contributed by atoms with E-state index >= 15 is 0 Å². The average Bonchev–Trinajstić information content (AvgIpc) is 2.88. The summed E-state index contributed by atoms with van der Waals surface area (Å²) in [4.78, 5) is 4.21. The predicted molar refractivity (Wildman–Crippen MR) is 76.7 cm³/mol. The van der Waals surface area contributed by atoms with Crippen LogP contribution in [0.15, 0.2) is 29.8 Å². The van der Waals surface area contributed by atoms with E-state index in [1.165, 1.54) is 0 Å². The van der Waals surface area contributed by atoms with Gasteiger partial charge in [-0.15, -0.1) is 11.3 Å². The van der Waals surface area contributed by atoms with Crippen LogP contribution in [0, 0.1) is 0 Å². The lowest BCUT2D eigenvalue weighted by atomic mass is 10.3. The number of hydrogen-bond acceptors (Lipinski definition) is 4. The van der Waals surface area contributed by atoms with Gasteiger partial charge >= 0.3 is 0 Å². The second kappa shape index (κ2) is 6.61. The molecule has 96 valence electrons. The van der Waals surface area contributed by atoms with Crippen molar-refractivity contribution in [1.82, 2.24) is 4.98 Å². The summed E-state index contributed by atoms with van der Waals surface area (Å²) in [6, 6.07) is 5.73. The molecule has 1 heterocycles. The van der Waals surface area contributed by atoms with E-state index in [0.29, 0.717) is 18.2 Å². The number of nitrogens with one attached hydrogen (secondary N) is 1. The molecule has 18 heavy (non-hydrogen) atoms. The van der Waals surface area contributed by atoms with E-state index in [4.69, 9.17) is 16.3 Å². The molecule has 0 unspecified atom stereocenters. The molecule has 0 radical (unpaired) electrons. The first-order valence-electron chi connectivity index (χ1n) is 5.84. The van der Waals surface area contributed by atoms with Crippen molar-refractivity contribution in [1.29, 1.82) is 0 Å². The minimum Gasteiger partial charge on any atom is -0.492 e. The maximum Gasteiger partial charge on any atom is 0.138 e. The Hall–Kier alpha value is -1.26. The lowest BCUT2D eigenvalue weighted by molar-refractivity contribution is 0.317. The third-order valence-electron chi connectivity index (χ3n) is 2.32. The van der Waals surface area contributed by atoms with Gasteiger partial charge in [-0.25, -0.2) is 4.98 Å². The Morgan fingerprint density at radius 2 is 2.33 bits per heavy atom. The van der Waals surface area contributed by atoms with E-state index < -0.39 is 0 Å². The van der Waals surface area contributed by atoms with Gasteiger partial charge in [0, 0.05) is 17.3 Å². The molecule has 0 aliphatic carbocycles. The lowest BCUT2D eigenvalue weighted by Crippen LogP contribution is -2.00. The number of anilines is 1. The molecule has 0 amide bonds. The molecule has 2 aromatic rings. The van der Waals surface area contributed by atoms with E-state index in [-0.39, 0.29) is 0 Å². The Bertz CT molecular complexity index is 488. The molecular formula is C13H15ClN2OS. The summed E-state index contributed by atoms with van der Waals surface area (Å²) in [7, 11) is 0. The summed E-state index contributed by atoms with van der Waals surface area (Å²) in [5, 5.41) is 6.93. The van der Waals surface area contributed by atoms with Crippen LogP contribution in [0.2, 0.25) is 5.02 Å². The molecule has 0 aliphatic heterocycles. The number of thiazole rings is 1. The fourth-order valence-corrected chi connectivity index (χ4v) is 2.25. The first kappa shape index (κ1) is 13.2. The molecule has 3 nitrogen and oxygen atoms in total. The zero-order valence-electron chi connectivity index (χ0n) is 10.1. The zero-order valence-corrected chi connectivity index (χ0v) is 11.7. The number of benzene rings is 1. The number of halogens is 1. The lowest BCUT2D eigenvalue weighted by Gasteiger charge is -2.09. The molecule has 0 bridgehead atoms. The van der Waals surface area contributed by atoms with Gasteiger partial charge in [-0.1, -0.05) is 18.5 Å². The largest absolute Gasteiger partial charge is 0.492 e. The quantitative estimate of drug-likeness (QED) is 0.862. The molecule has 5 heteroatoms. The Morgan fingerprint density at radius 1 is 1.44 bits per heavy atom. The Balaban J connectivity index is 1.95. The van der Waals surface area contributed by atoms with Crippen LogP contribution < -0.4 is 10.1 Å². The van der Waals surface area contributed by atoms with Crippen LogP contribution in [0.1, 0.15) is 18.4 Å². The Labute approximate surface area is 116 Å². The van der Waals surface area contributed by atoms with Crippen molar-refractivity contribution in [2.45, 2.75) is 19.9 Å².